The van der Waals surface area contributed by atoms with Crippen molar-refractivity contribution >= 4 is 6.09 Å². The van der Waals surface area contributed by atoms with Gasteiger partial charge in [-0.1, -0.05) is 0 Å². The molecule has 0 aromatic carbocycles. The Morgan fingerprint density at radius 1 is 1.19 bits per heavy atom. The molecular formula is C12H25NO8. The number of methoxy groups -OCH3 is 4. The van der Waals surface area contributed by atoms with Gasteiger partial charge >= 0.3 is 12.3 Å². The van der Waals surface area contributed by atoms with Crippen LogP contribution >= 0.6 is 0 Å². The number of ether oxygens (including phenoxy) is 7. The van der Waals surface area contributed by atoms with Crippen molar-refractivity contribution < 1.29 is 38.0 Å². The van der Waals surface area contributed by atoms with Crippen LogP contribution in [0.1, 0.15) is 6.42 Å². The quantitative estimate of drug-likeness (QED) is 0.343. The van der Waals surface area contributed by atoms with Gasteiger partial charge in [0.05, 0.1) is 26.9 Å². The molecule has 126 valence electrons. The van der Waals surface area contributed by atoms with Crippen LogP contribution in [0.3, 0.4) is 0 Å². The SMILES string of the molecule is COC(N)=O.COC(OC)(OC)OCCCOCC1CO1. The second kappa shape index (κ2) is 11.7. The zero-order valence-corrected chi connectivity index (χ0v) is 13.0. The highest BCUT2D eigenvalue weighted by Gasteiger charge is 2.31. The number of nitrogens with two attached hydrogens (primary N) is 1. The molecule has 0 spiro atoms. The van der Waals surface area contributed by atoms with E-state index in [0.717, 1.165) is 13.0 Å². The first-order valence-electron chi connectivity index (χ1n) is 6.35. The van der Waals surface area contributed by atoms with Crippen LogP contribution in [0.2, 0.25) is 0 Å². The molecule has 1 atom stereocenters. The molecule has 0 aromatic rings. The van der Waals surface area contributed by atoms with Crippen molar-refractivity contribution in [1.82, 2.24) is 0 Å². The molecule has 1 fully saturated rings. The second-order valence-corrected chi connectivity index (χ2v) is 3.87. The topological polar surface area (TPSA) is 111 Å². The van der Waals surface area contributed by atoms with E-state index in [9.17, 15) is 4.79 Å². The van der Waals surface area contributed by atoms with Gasteiger partial charge in [-0.3, -0.25) is 0 Å². The van der Waals surface area contributed by atoms with Crippen LogP contribution < -0.4 is 5.73 Å². The fourth-order valence-electron chi connectivity index (χ4n) is 1.16. The van der Waals surface area contributed by atoms with E-state index in [-0.39, 0.29) is 0 Å². The molecule has 2 N–H and O–H groups in total. The predicted molar refractivity (Wildman–Crippen MR) is 71.5 cm³/mol. The zero-order valence-electron chi connectivity index (χ0n) is 13.0. The molecule has 1 heterocycles. The largest absolute Gasteiger partial charge is 0.453 e. The highest BCUT2D eigenvalue weighted by molar-refractivity contribution is 5.64. The normalized spacial score (nSPS) is 16.9. The fraction of sp³-hybridized carbons (Fsp3) is 0.917. The predicted octanol–water partition coefficient (Wildman–Crippen LogP) is 0.0705. The van der Waals surface area contributed by atoms with Gasteiger partial charge < -0.3 is 38.9 Å². The minimum absolute atomic E-state index is 0.303. The average Bonchev–Trinajstić information content (AvgIpc) is 3.32. The van der Waals surface area contributed by atoms with Gasteiger partial charge in [0.1, 0.15) is 6.10 Å². The van der Waals surface area contributed by atoms with E-state index in [1.807, 2.05) is 0 Å². The van der Waals surface area contributed by atoms with Gasteiger partial charge in [-0.25, -0.2) is 4.79 Å². The van der Waals surface area contributed by atoms with Gasteiger partial charge in [0.2, 0.25) is 0 Å². The van der Waals surface area contributed by atoms with E-state index < -0.39 is 12.3 Å². The van der Waals surface area contributed by atoms with Gasteiger partial charge in [-0.05, 0) is 6.42 Å². The Labute approximate surface area is 124 Å². The number of rotatable bonds is 10. The summed E-state index contributed by atoms with van der Waals surface area (Å²) in [6.07, 6.45) is -1.11. The summed E-state index contributed by atoms with van der Waals surface area (Å²) in [6, 6.07) is 0. The molecule has 9 heteroatoms. The lowest BCUT2D eigenvalue weighted by molar-refractivity contribution is -0.479. The lowest BCUT2D eigenvalue weighted by Crippen LogP contribution is -2.39. The Balaban J connectivity index is 0.000000690. The number of carbonyl (C=O) groups excluding carboxylic acids is 1. The monoisotopic (exact) mass is 311 g/mol. The summed E-state index contributed by atoms with van der Waals surface area (Å²) in [5.74, 6) is 0. The molecule has 1 aliphatic rings. The van der Waals surface area contributed by atoms with Crippen molar-refractivity contribution in [2.24, 2.45) is 5.73 Å². The van der Waals surface area contributed by atoms with Crippen molar-refractivity contribution in [1.29, 1.82) is 0 Å². The van der Waals surface area contributed by atoms with E-state index >= 15 is 0 Å². The minimum Gasteiger partial charge on any atom is -0.453 e. The molecule has 9 nitrogen and oxygen atoms in total. The number of hydrogen-bond acceptors (Lipinski definition) is 8. The maximum Gasteiger partial charge on any atom is 0.411 e. The van der Waals surface area contributed by atoms with Crippen LogP contribution in [0.25, 0.3) is 0 Å². The first-order valence-corrected chi connectivity index (χ1v) is 6.35. The second-order valence-electron chi connectivity index (χ2n) is 3.87. The molecule has 1 rings (SSSR count). The van der Waals surface area contributed by atoms with Gasteiger partial charge in [0.15, 0.2) is 0 Å². The summed E-state index contributed by atoms with van der Waals surface area (Å²) in [7, 11) is 5.58. The summed E-state index contributed by atoms with van der Waals surface area (Å²) in [6.45, 7) is 2.52. The Morgan fingerprint density at radius 2 is 1.71 bits per heavy atom. The molecule has 1 unspecified atom stereocenters. The van der Waals surface area contributed by atoms with Crippen molar-refractivity contribution in [2.75, 3.05) is 54.9 Å². The van der Waals surface area contributed by atoms with Crippen molar-refractivity contribution in [3.05, 3.63) is 0 Å². The number of epoxide rings is 1. The van der Waals surface area contributed by atoms with Crippen LogP contribution in [-0.2, 0) is 33.2 Å². The molecule has 0 bridgehead atoms. The Bertz CT molecular complexity index is 260. The van der Waals surface area contributed by atoms with E-state index in [2.05, 4.69) is 10.5 Å². The summed E-state index contributed by atoms with van der Waals surface area (Å²) in [5, 5.41) is 0. The third-order valence-corrected chi connectivity index (χ3v) is 2.37. The maximum absolute atomic E-state index is 9.37. The summed E-state index contributed by atoms with van der Waals surface area (Å²) < 4.78 is 34.5. The van der Waals surface area contributed by atoms with Crippen LogP contribution in [0.5, 0.6) is 0 Å². The number of primary amides is 1. The summed E-state index contributed by atoms with van der Waals surface area (Å²) in [5.41, 5.74) is 4.43. The minimum atomic E-state index is -1.40. The van der Waals surface area contributed by atoms with Gasteiger partial charge in [0, 0.05) is 27.9 Å². The van der Waals surface area contributed by atoms with E-state index in [4.69, 9.17) is 28.4 Å². The molecule has 0 saturated carbocycles. The molecule has 1 saturated heterocycles. The van der Waals surface area contributed by atoms with Crippen LogP contribution in [-0.4, -0.2) is 73.2 Å². The van der Waals surface area contributed by atoms with Crippen molar-refractivity contribution in [3.63, 3.8) is 0 Å². The lowest BCUT2D eigenvalue weighted by atomic mass is 10.5. The third kappa shape index (κ3) is 10.4. The van der Waals surface area contributed by atoms with Crippen LogP contribution in [0.4, 0.5) is 4.79 Å². The summed E-state index contributed by atoms with van der Waals surface area (Å²) in [4.78, 5) is 9.37. The molecule has 0 aliphatic carbocycles. The average molecular weight is 311 g/mol. The smallest absolute Gasteiger partial charge is 0.411 e. The standard InChI is InChI=1S/C10H20O6.C2H5NO2/c1-11-10(12-2,13-3)16-6-4-5-14-7-9-8-15-9;1-5-2(3)4/h9H,4-8H2,1-3H3;1H3,(H2,3,4). The van der Waals surface area contributed by atoms with Crippen molar-refractivity contribution in [3.8, 4) is 0 Å². The molecule has 0 radical (unpaired) electrons. The lowest BCUT2D eigenvalue weighted by Gasteiger charge is -2.27. The molecular weight excluding hydrogens is 286 g/mol. The molecule has 1 aliphatic heterocycles. The van der Waals surface area contributed by atoms with E-state index in [0.29, 0.717) is 25.9 Å². The maximum atomic E-state index is 9.37. The van der Waals surface area contributed by atoms with Crippen molar-refractivity contribution in [2.45, 2.75) is 18.7 Å². The summed E-state index contributed by atoms with van der Waals surface area (Å²) >= 11 is 0. The number of carbonyl (C=O) groups is 1. The fourth-order valence-corrected chi connectivity index (χ4v) is 1.16. The first-order chi connectivity index (χ1) is 10.0. The highest BCUT2D eigenvalue weighted by Crippen LogP contribution is 2.14. The number of amides is 1. The van der Waals surface area contributed by atoms with Gasteiger partial charge in [-0.15, -0.1) is 0 Å². The van der Waals surface area contributed by atoms with E-state index in [1.54, 1.807) is 0 Å². The van der Waals surface area contributed by atoms with E-state index in [1.165, 1.54) is 28.4 Å². The number of hydrogen-bond donors (Lipinski definition) is 1. The van der Waals surface area contributed by atoms with Crippen LogP contribution in [0.15, 0.2) is 0 Å². The third-order valence-electron chi connectivity index (χ3n) is 2.37. The molecule has 1 amide bonds. The molecule has 21 heavy (non-hydrogen) atoms. The Hall–Kier alpha value is -0.970. The van der Waals surface area contributed by atoms with Gasteiger partial charge in [0.25, 0.3) is 0 Å². The highest BCUT2D eigenvalue weighted by atomic mass is 17.0. The zero-order chi connectivity index (χ0) is 16.1. The first kappa shape index (κ1) is 20.0. The molecule has 0 aromatic heterocycles. The van der Waals surface area contributed by atoms with Crippen LogP contribution in [0, 0.1) is 0 Å². The van der Waals surface area contributed by atoms with Gasteiger partial charge in [-0.2, -0.15) is 0 Å². The Kier molecular flexibility index (Phi) is 11.1. The Morgan fingerprint density at radius 3 is 2.10 bits per heavy atom.